The molecule has 142 valence electrons. The van der Waals surface area contributed by atoms with E-state index in [0.717, 1.165) is 27.8 Å². The fourth-order valence-electron chi connectivity index (χ4n) is 3.29. The molecule has 1 aliphatic carbocycles. The fraction of sp³-hybridized carbons (Fsp3) is 0.522. The summed E-state index contributed by atoms with van der Waals surface area (Å²) in [5.41, 5.74) is 4.20. The molecule has 0 aliphatic heterocycles. The second-order valence-corrected chi connectivity index (χ2v) is 9.27. The van der Waals surface area contributed by atoms with Gasteiger partial charge in [0.2, 0.25) is 0 Å². The maximum Gasteiger partial charge on any atom is 0.159 e. The van der Waals surface area contributed by atoms with E-state index < -0.39 is 0 Å². The van der Waals surface area contributed by atoms with Gasteiger partial charge in [0.1, 0.15) is 5.75 Å². The molecule has 1 aliphatic rings. The van der Waals surface area contributed by atoms with Gasteiger partial charge in [-0.05, 0) is 57.6 Å². The molecule has 3 nitrogen and oxygen atoms in total. The zero-order valence-corrected chi connectivity index (χ0v) is 16.9. The Morgan fingerprint density at radius 3 is 2.00 bits per heavy atom. The van der Waals surface area contributed by atoms with Crippen LogP contribution < -0.4 is 0 Å². The standard InChI is InChI=1S/C23H32O3/c1-22(2,3)18-12-15(13-19(21(18)26)23(4,5)6)8-10-20(25)17-9-7-16(11-17)14-24/h7,11-13,24,26H,8-10,14H2,1-6H3. The molecule has 0 aromatic heterocycles. The van der Waals surface area contributed by atoms with Crippen LogP contribution in [0.5, 0.6) is 5.75 Å². The van der Waals surface area contributed by atoms with E-state index in [0.29, 0.717) is 25.0 Å². The number of benzene rings is 1. The Hall–Kier alpha value is -1.87. The van der Waals surface area contributed by atoms with Crippen LogP contribution >= 0.6 is 0 Å². The van der Waals surface area contributed by atoms with Crippen LogP contribution in [-0.2, 0) is 22.0 Å². The number of carbonyl (C=O) groups excluding carboxylic acids is 1. The predicted octanol–water partition coefficient (Wildman–Crippen LogP) is 4.74. The van der Waals surface area contributed by atoms with Gasteiger partial charge in [0.05, 0.1) is 6.61 Å². The first-order valence-corrected chi connectivity index (χ1v) is 9.34. The summed E-state index contributed by atoms with van der Waals surface area (Å²) in [6.07, 6.45) is 5.42. The van der Waals surface area contributed by atoms with Crippen molar-refractivity contribution in [3.8, 4) is 5.75 Å². The van der Waals surface area contributed by atoms with Gasteiger partial charge in [0.15, 0.2) is 5.78 Å². The van der Waals surface area contributed by atoms with E-state index in [2.05, 4.69) is 41.5 Å². The highest BCUT2D eigenvalue weighted by atomic mass is 16.3. The molecule has 26 heavy (non-hydrogen) atoms. The minimum atomic E-state index is -0.169. The topological polar surface area (TPSA) is 57.5 Å². The number of aromatic hydroxyl groups is 1. The number of rotatable bonds is 5. The van der Waals surface area contributed by atoms with Gasteiger partial charge in [0, 0.05) is 6.42 Å². The predicted molar refractivity (Wildman–Crippen MR) is 107 cm³/mol. The number of hydrogen-bond donors (Lipinski definition) is 2. The average Bonchev–Trinajstić information content (AvgIpc) is 3.00. The van der Waals surface area contributed by atoms with E-state index in [-0.39, 0.29) is 23.2 Å². The number of aryl methyl sites for hydroxylation is 1. The van der Waals surface area contributed by atoms with E-state index in [9.17, 15) is 9.90 Å². The highest BCUT2D eigenvalue weighted by molar-refractivity contribution is 5.97. The zero-order valence-electron chi connectivity index (χ0n) is 16.9. The van der Waals surface area contributed by atoms with Gasteiger partial charge in [-0.15, -0.1) is 0 Å². The number of phenolic OH excluding ortho intramolecular Hbond substituents is 1. The lowest BCUT2D eigenvalue weighted by Gasteiger charge is -2.28. The molecule has 2 rings (SSSR count). The Bertz CT molecular complexity index is 718. The molecule has 0 heterocycles. The molecule has 0 bridgehead atoms. The second kappa shape index (κ2) is 7.40. The van der Waals surface area contributed by atoms with Gasteiger partial charge in [0.25, 0.3) is 0 Å². The fourth-order valence-corrected chi connectivity index (χ4v) is 3.29. The molecular weight excluding hydrogens is 324 g/mol. The first-order valence-electron chi connectivity index (χ1n) is 9.34. The molecule has 0 unspecified atom stereocenters. The van der Waals surface area contributed by atoms with Gasteiger partial charge in [-0.3, -0.25) is 4.79 Å². The van der Waals surface area contributed by atoms with Crippen LogP contribution in [0.3, 0.4) is 0 Å². The lowest BCUT2D eigenvalue weighted by Crippen LogP contribution is -2.18. The van der Waals surface area contributed by atoms with Crippen LogP contribution in [0.4, 0.5) is 0 Å². The van der Waals surface area contributed by atoms with E-state index in [1.54, 1.807) is 6.08 Å². The highest BCUT2D eigenvalue weighted by Crippen LogP contribution is 2.40. The van der Waals surface area contributed by atoms with E-state index >= 15 is 0 Å². The number of ketones is 1. The Balaban J connectivity index is 2.26. The summed E-state index contributed by atoms with van der Waals surface area (Å²) in [7, 11) is 0. The molecule has 1 aromatic carbocycles. The maximum absolute atomic E-state index is 12.5. The summed E-state index contributed by atoms with van der Waals surface area (Å²) in [5, 5.41) is 19.9. The Morgan fingerprint density at radius 1 is 1.04 bits per heavy atom. The molecule has 0 saturated carbocycles. The van der Waals surface area contributed by atoms with Crippen LogP contribution in [0, 0.1) is 0 Å². The largest absolute Gasteiger partial charge is 0.507 e. The van der Waals surface area contributed by atoms with Gasteiger partial charge in [-0.2, -0.15) is 0 Å². The number of carbonyl (C=O) groups is 1. The normalized spacial score (nSPS) is 15.0. The van der Waals surface area contributed by atoms with Crippen molar-refractivity contribution in [1.29, 1.82) is 0 Å². The molecule has 1 aromatic rings. The van der Waals surface area contributed by atoms with Gasteiger partial charge in [-0.25, -0.2) is 0 Å². The highest BCUT2D eigenvalue weighted by Gasteiger charge is 2.26. The number of Topliss-reactive ketones (excluding diaryl/α,β-unsaturated/α-hetero) is 1. The minimum absolute atomic E-state index is 0.0153. The average molecular weight is 357 g/mol. The van der Waals surface area contributed by atoms with Crippen LogP contribution in [0.1, 0.15) is 71.1 Å². The lowest BCUT2D eigenvalue weighted by molar-refractivity contribution is -0.115. The summed E-state index contributed by atoms with van der Waals surface area (Å²) in [5.74, 6) is 0.503. The van der Waals surface area contributed by atoms with Crippen LogP contribution in [0.25, 0.3) is 0 Å². The third-order valence-corrected chi connectivity index (χ3v) is 4.91. The Labute approximate surface area is 157 Å². The van der Waals surface area contributed by atoms with E-state index in [1.165, 1.54) is 0 Å². The van der Waals surface area contributed by atoms with Gasteiger partial charge >= 0.3 is 0 Å². The van der Waals surface area contributed by atoms with Crippen LogP contribution in [0.15, 0.2) is 35.4 Å². The molecule has 0 radical (unpaired) electrons. The molecule has 0 spiro atoms. The Morgan fingerprint density at radius 2 is 1.58 bits per heavy atom. The van der Waals surface area contributed by atoms with Crippen LogP contribution in [-0.4, -0.2) is 22.6 Å². The zero-order chi connectivity index (χ0) is 19.7. The third kappa shape index (κ3) is 4.64. The second-order valence-electron chi connectivity index (χ2n) is 9.27. The van der Waals surface area contributed by atoms with Crippen molar-refractivity contribution < 1.29 is 15.0 Å². The quantitative estimate of drug-likeness (QED) is 0.801. The molecule has 0 amide bonds. The van der Waals surface area contributed by atoms with Crippen molar-refractivity contribution >= 4 is 5.78 Å². The van der Waals surface area contributed by atoms with Gasteiger partial charge in [-0.1, -0.05) is 59.8 Å². The summed E-state index contributed by atoms with van der Waals surface area (Å²) in [6.45, 7) is 12.5. The first kappa shape index (κ1) is 20.4. The first-order chi connectivity index (χ1) is 11.9. The number of aliphatic hydroxyl groups excluding tert-OH is 1. The van der Waals surface area contributed by atoms with Crippen molar-refractivity contribution in [2.45, 2.75) is 71.6 Å². The monoisotopic (exact) mass is 356 g/mol. The van der Waals surface area contributed by atoms with Crippen molar-refractivity contribution in [2.24, 2.45) is 0 Å². The summed E-state index contributed by atoms with van der Waals surface area (Å²) in [6, 6.07) is 4.08. The van der Waals surface area contributed by atoms with E-state index in [1.807, 2.05) is 18.2 Å². The van der Waals surface area contributed by atoms with E-state index in [4.69, 9.17) is 5.11 Å². The Kier molecular flexibility index (Phi) is 5.82. The van der Waals surface area contributed by atoms with Crippen molar-refractivity contribution in [1.82, 2.24) is 0 Å². The minimum Gasteiger partial charge on any atom is -0.507 e. The van der Waals surface area contributed by atoms with Gasteiger partial charge < -0.3 is 10.2 Å². The molecule has 0 fully saturated rings. The lowest BCUT2D eigenvalue weighted by atomic mass is 9.78. The molecular formula is C23H32O3. The smallest absolute Gasteiger partial charge is 0.159 e. The van der Waals surface area contributed by atoms with Crippen molar-refractivity contribution in [3.05, 3.63) is 52.1 Å². The summed E-state index contributed by atoms with van der Waals surface area (Å²) < 4.78 is 0. The number of aliphatic hydroxyl groups is 1. The van der Waals surface area contributed by atoms with Crippen molar-refractivity contribution in [2.75, 3.05) is 6.61 Å². The molecule has 2 N–H and O–H groups in total. The third-order valence-electron chi connectivity index (χ3n) is 4.91. The molecule has 0 saturated heterocycles. The SMILES string of the molecule is CC(C)(C)c1cc(CCC(=O)C2=CC(CO)=CC2)cc(C(C)(C)C)c1O. The maximum atomic E-state index is 12.5. The van der Waals surface area contributed by atoms with Crippen molar-refractivity contribution in [3.63, 3.8) is 0 Å². The summed E-state index contributed by atoms with van der Waals surface area (Å²) >= 11 is 0. The summed E-state index contributed by atoms with van der Waals surface area (Å²) in [4.78, 5) is 12.5. The van der Waals surface area contributed by atoms with Crippen LogP contribution in [0.2, 0.25) is 0 Å². The number of hydrogen-bond acceptors (Lipinski definition) is 3. The number of phenols is 1. The molecule has 0 atom stereocenters. The molecule has 3 heteroatoms. The number of allylic oxidation sites excluding steroid dienone is 2.